The number of amides is 1. The molecular formula is C16H20N2O6S. The smallest absolute Gasteiger partial charge is 0.335 e. The number of hydrogen-bond donors (Lipinski definition) is 1. The topological polar surface area (TPSA) is 104 Å². The van der Waals surface area contributed by atoms with Gasteiger partial charge in [-0.25, -0.2) is 13.2 Å². The van der Waals surface area contributed by atoms with Gasteiger partial charge in [0.1, 0.15) is 6.10 Å². The molecule has 0 bridgehead atoms. The van der Waals surface area contributed by atoms with Crippen molar-refractivity contribution >= 4 is 21.9 Å². The van der Waals surface area contributed by atoms with Gasteiger partial charge in [0.15, 0.2) is 0 Å². The summed E-state index contributed by atoms with van der Waals surface area (Å²) in [4.78, 5) is 24.9. The first-order chi connectivity index (χ1) is 11.9. The molecule has 0 aliphatic carbocycles. The van der Waals surface area contributed by atoms with Crippen molar-refractivity contribution < 1.29 is 27.9 Å². The van der Waals surface area contributed by atoms with Crippen LogP contribution < -0.4 is 0 Å². The van der Waals surface area contributed by atoms with Gasteiger partial charge in [-0.3, -0.25) is 4.79 Å². The third-order valence-corrected chi connectivity index (χ3v) is 6.41. The summed E-state index contributed by atoms with van der Waals surface area (Å²) < 4.78 is 32.0. The fourth-order valence-corrected chi connectivity index (χ4v) is 4.47. The van der Waals surface area contributed by atoms with Crippen LogP contribution in [0.25, 0.3) is 0 Å². The molecule has 2 aliphatic rings. The Hall–Kier alpha value is -1.97. The van der Waals surface area contributed by atoms with E-state index in [9.17, 15) is 18.0 Å². The van der Waals surface area contributed by atoms with Gasteiger partial charge in [-0.05, 0) is 37.1 Å². The summed E-state index contributed by atoms with van der Waals surface area (Å²) in [6.07, 6.45) is 1.19. The number of nitrogens with zero attached hydrogens (tertiary/aromatic N) is 2. The van der Waals surface area contributed by atoms with Crippen LogP contribution in [0.15, 0.2) is 29.2 Å². The van der Waals surface area contributed by atoms with E-state index in [1.807, 2.05) is 0 Å². The highest BCUT2D eigenvalue weighted by Crippen LogP contribution is 2.20. The Morgan fingerprint density at radius 1 is 1.08 bits per heavy atom. The molecule has 0 saturated carbocycles. The normalized spacial score (nSPS) is 22.1. The highest BCUT2D eigenvalue weighted by molar-refractivity contribution is 7.89. The lowest BCUT2D eigenvalue weighted by atomic mass is 10.2. The van der Waals surface area contributed by atoms with E-state index in [4.69, 9.17) is 9.84 Å². The molecular weight excluding hydrogens is 348 g/mol. The number of aromatic carboxylic acids is 1. The Morgan fingerprint density at radius 2 is 1.72 bits per heavy atom. The summed E-state index contributed by atoms with van der Waals surface area (Å²) in [5.41, 5.74) is 0.0333. The van der Waals surface area contributed by atoms with Crippen LogP contribution in [0, 0.1) is 0 Å². The molecule has 136 valence electrons. The van der Waals surface area contributed by atoms with Crippen molar-refractivity contribution in [2.45, 2.75) is 23.8 Å². The van der Waals surface area contributed by atoms with E-state index in [1.54, 1.807) is 4.90 Å². The average Bonchev–Trinajstić information content (AvgIpc) is 3.16. The Kier molecular flexibility index (Phi) is 5.07. The van der Waals surface area contributed by atoms with Crippen LogP contribution >= 0.6 is 0 Å². The number of carbonyl (C=O) groups is 2. The van der Waals surface area contributed by atoms with Crippen LogP contribution in [-0.4, -0.2) is 73.5 Å². The van der Waals surface area contributed by atoms with Crippen LogP contribution in [0.2, 0.25) is 0 Å². The number of benzene rings is 1. The lowest BCUT2D eigenvalue weighted by Crippen LogP contribution is -2.52. The summed E-state index contributed by atoms with van der Waals surface area (Å²) in [7, 11) is -3.70. The summed E-state index contributed by atoms with van der Waals surface area (Å²) >= 11 is 0. The second-order valence-electron chi connectivity index (χ2n) is 6.06. The van der Waals surface area contributed by atoms with Crippen molar-refractivity contribution in [3.8, 4) is 0 Å². The van der Waals surface area contributed by atoms with Crippen molar-refractivity contribution in [2.75, 3.05) is 32.8 Å². The summed E-state index contributed by atoms with van der Waals surface area (Å²) in [5, 5.41) is 8.89. The standard InChI is InChI=1S/C16H20N2O6S/c19-15(14-2-1-11-24-14)17-7-9-18(10-8-17)25(22,23)13-5-3-12(4-6-13)16(20)21/h3-6,14H,1-2,7-11H2,(H,20,21)/t14-/m0/s1. The Labute approximate surface area is 146 Å². The van der Waals surface area contributed by atoms with Gasteiger partial charge in [-0.15, -0.1) is 0 Å². The molecule has 2 aliphatic heterocycles. The molecule has 2 heterocycles. The minimum Gasteiger partial charge on any atom is -0.478 e. The highest BCUT2D eigenvalue weighted by atomic mass is 32.2. The number of carboxylic acid groups (broad SMARTS) is 1. The first kappa shape index (κ1) is 17.8. The van der Waals surface area contributed by atoms with Crippen LogP contribution in [0.3, 0.4) is 0 Å². The number of ether oxygens (including phenoxy) is 1. The van der Waals surface area contributed by atoms with Gasteiger partial charge in [0.05, 0.1) is 10.5 Å². The Balaban J connectivity index is 1.64. The summed E-state index contributed by atoms with van der Waals surface area (Å²) in [6.45, 7) is 1.66. The molecule has 1 aromatic rings. The number of carbonyl (C=O) groups excluding carboxylic acids is 1. The Bertz CT molecular complexity index is 747. The van der Waals surface area contributed by atoms with Crippen molar-refractivity contribution in [1.29, 1.82) is 0 Å². The average molecular weight is 368 g/mol. The molecule has 25 heavy (non-hydrogen) atoms. The first-order valence-electron chi connectivity index (χ1n) is 8.13. The van der Waals surface area contributed by atoms with Crippen molar-refractivity contribution in [3.63, 3.8) is 0 Å². The highest BCUT2D eigenvalue weighted by Gasteiger charge is 2.33. The lowest BCUT2D eigenvalue weighted by molar-refractivity contribution is -0.142. The second-order valence-corrected chi connectivity index (χ2v) is 8.00. The molecule has 2 saturated heterocycles. The molecule has 1 atom stereocenters. The van der Waals surface area contributed by atoms with Gasteiger partial charge in [0.25, 0.3) is 5.91 Å². The molecule has 3 rings (SSSR count). The SMILES string of the molecule is O=C(O)c1ccc(S(=O)(=O)N2CCN(C(=O)[C@@H]3CCCO3)CC2)cc1. The molecule has 0 unspecified atom stereocenters. The van der Waals surface area contributed by atoms with Crippen molar-refractivity contribution in [3.05, 3.63) is 29.8 Å². The Morgan fingerprint density at radius 3 is 2.24 bits per heavy atom. The molecule has 0 aromatic heterocycles. The maximum Gasteiger partial charge on any atom is 0.335 e. The quantitative estimate of drug-likeness (QED) is 0.825. The van der Waals surface area contributed by atoms with E-state index in [0.29, 0.717) is 26.1 Å². The predicted molar refractivity (Wildman–Crippen MR) is 87.7 cm³/mol. The number of hydrogen-bond acceptors (Lipinski definition) is 5. The van der Waals surface area contributed by atoms with Crippen LogP contribution in [0.4, 0.5) is 0 Å². The molecule has 0 radical (unpaired) electrons. The van der Waals surface area contributed by atoms with E-state index in [0.717, 1.165) is 6.42 Å². The minimum atomic E-state index is -3.70. The van der Waals surface area contributed by atoms with E-state index in [2.05, 4.69) is 0 Å². The van der Waals surface area contributed by atoms with Crippen molar-refractivity contribution in [2.24, 2.45) is 0 Å². The fraction of sp³-hybridized carbons (Fsp3) is 0.500. The zero-order valence-corrected chi connectivity index (χ0v) is 14.4. The minimum absolute atomic E-state index is 0.0333. The van der Waals surface area contributed by atoms with Gasteiger partial charge in [0, 0.05) is 32.8 Å². The number of carboxylic acids is 1. The number of sulfonamides is 1. The van der Waals surface area contributed by atoms with E-state index < -0.39 is 22.1 Å². The number of piperazine rings is 1. The van der Waals surface area contributed by atoms with E-state index >= 15 is 0 Å². The van der Waals surface area contributed by atoms with E-state index in [1.165, 1.54) is 28.6 Å². The van der Waals surface area contributed by atoms with E-state index in [-0.39, 0.29) is 29.5 Å². The molecule has 1 amide bonds. The molecule has 9 heteroatoms. The monoisotopic (exact) mass is 368 g/mol. The molecule has 8 nitrogen and oxygen atoms in total. The summed E-state index contributed by atoms with van der Waals surface area (Å²) in [6, 6.07) is 5.13. The fourth-order valence-electron chi connectivity index (χ4n) is 3.04. The third kappa shape index (κ3) is 3.68. The lowest BCUT2D eigenvalue weighted by Gasteiger charge is -2.35. The zero-order valence-electron chi connectivity index (χ0n) is 13.6. The van der Waals surface area contributed by atoms with Gasteiger partial charge < -0.3 is 14.7 Å². The second kappa shape index (κ2) is 7.11. The largest absolute Gasteiger partial charge is 0.478 e. The van der Waals surface area contributed by atoms with Crippen LogP contribution in [-0.2, 0) is 19.6 Å². The molecule has 1 aromatic carbocycles. The maximum atomic E-state index is 12.7. The van der Waals surface area contributed by atoms with Gasteiger partial charge in [0.2, 0.25) is 10.0 Å². The van der Waals surface area contributed by atoms with Crippen LogP contribution in [0.1, 0.15) is 23.2 Å². The molecule has 0 spiro atoms. The van der Waals surface area contributed by atoms with Gasteiger partial charge >= 0.3 is 5.97 Å². The predicted octanol–water partition coefficient (Wildman–Crippen LogP) is 0.397. The molecule has 2 fully saturated rings. The zero-order chi connectivity index (χ0) is 18.0. The summed E-state index contributed by atoms with van der Waals surface area (Å²) in [5.74, 6) is -1.18. The molecule has 1 N–H and O–H groups in total. The van der Waals surface area contributed by atoms with Gasteiger partial charge in [-0.1, -0.05) is 0 Å². The third-order valence-electron chi connectivity index (χ3n) is 4.49. The van der Waals surface area contributed by atoms with Gasteiger partial charge in [-0.2, -0.15) is 4.31 Å². The first-order valence-corrected chi connectivity index (χ1v) is 9.57. The number of rotatable bonds is 4. The maximum absolute atomic E-state index is 12.7. The van der Waals surface area contributed by atoms with Crippen LogP contribution in [0.5, 0.6) is 0 Å². The van der Waals surface area contributed by atoms with Crippen molar-refractivity contribution in [1.82, 2.24) is 9.21 Å².